The van der Waals surface area contributed by atoms with Gasteiger partial charge in [-0.15, -0.1) is 0 Å². The molecule has 188 valence electrons. The molecule has 36 heavy (non-hydrogen) atoms. The van der Waals surface area contributed by atoms with Gasteiger partial charge in [-0.2, -0.15) is 5.10 Å². The van der Waals surface area contributed by atoms with Crippen molar-refractivity contribution in [3.05, 3.63) is 92.7 Å². The van der Waals surface area contributed by atoms with Gasteiger partial charge in [-0.05, 0) is 48.9 Å². The zero-order chi connectivity index (χ0) is 26.5. The molecule has 3 aromatic rings. The quantitative estimate of drug-likeness (QED) is 0.250. The van der Waals surface area contributed by atoms with Crippen molar-refractivity contribution >= 4 is 45.1 Å². The molecule has 0 saturated heterocycles. The molecule has 10 nitrogen and oxygen atoms in total. The van der Waals surface area contributed by atoms with Gasteiger partial charge < -0.3 is 4.74 Å². The summed E-state index contributed by atoms with van der Waals surface area (Å²) in [6.07, 6.45) is 1.25. The average Bonchev–Trinajstić information content (AvgIpc) is 2.83. The molecule has 1 amide bonds. The lowest BCUT2D eigenvalue weighted by molar-refractivity contribution is -0.385. The van der Waals surface area contributed by atoms with Crippen LogP contribution >= 0.6 is 11.6 Å². The second-order valence-corrected chi connectivity index (χ2v) is 9.68. The molecule has 0 aliphatic rings. The highest BCUT2D eigenvalue weighted by atomic mass is 35.5. The molecule has 0 heterocycles. The van der Waals surface area contributed by atoms with Crippen LogP contribution in [0.25, 0.3) is 0 Å². The highest BCUT2D eigenvalue weighted by molar-refractivity contribution is 7.92. The number of rotatable bonds is 9. The molecule has 0 unspecified atom stereocenters. The highest BCUT2D eigenvalue weighted by Gasteiger charge is 2.31. The van der Waals surface area contributed by atoms with Crippen LogP contribution < -0.4 is 14.5 Å². The maximum absolute atomic E-state index is 13.6. The van der Waals surface area contributed by atoms with Crippen molar-refractivity contribution in [2.45, 2.75) is 11.8 Å². The van der Waals surface area contributed by atoms with Crippen LogP contribution in [0.15, 0.2) is 70.7 Å². The molecule has 0 aliphatic carbocycles. The number of carbonyl (C=O) groups excluding carboxylic acids is 1. The maximum Gasteiger partial charge on any atom is 0.273 e. The van der Waals surface area contributed by atoms with Gasteiger partial charge in [0.15, 0.2) is 0 Å². The first-order chi connectivity index (χ1) is 17.0. The molecular weight excluding hydrogens is 515 g/mol. The normalized spacial score (nSPS) is 11.3. The van der Waals surface area contributed by atoms with Gasteiger partial charge in [-0.1, -0.05) is 29.8 Å². The Bertz CT molecular complexity index is 1430. The van der Waals surface area contributed by atoms with Crippen molar-refractivity contribution in [3.8, 4) is 5.75 Å². The van der Waals surface area contributed by atoms with E-state index >= 15 is 0 Å². The van der Waals surface area contributed by atoms with E-state index in [0.29, 0.717) is 5.56 Å². The van der Waals surface area contributed by atoms with Crippen molar-refractivity contribution < 1.29 is 27.3 Å². The molecular formula is C23H20ClFN4O6S. The lowest BCUT2D eigenvalue weighted by Crippen LogP contribution is -2.39. The standard InChI is InChI=1S/C23H20ClFN4O6S/c1-15-3-9-19(12-20(15)29(31)32)36(33,34)28(21-11-17(24)6-10-22(21)35-2)14-23(30)27-26-13-16-4-7-18(25)8-5-16/h3-13H,14H2,1-2H3,(H,27,30)/b26-13-. The predicted molar refractivity (Wildman–Crippen MR) is 133 cm³/mol. The minimum absolute atomic E-state index is 0.0640. The van der Waals surface area contributed by atoms with Crippen LogP contribution in [-0.4, -0.2) is 39.1 Å². The first kappa shape index (κ1) is 26.6. The number of methoxy groups -OCH3 is 1. The number of halogens is 2. The molecule has 0 aromatic heterocycles. The van der Waals surface area contributed by atoms with Crippen molar-refractivity contribution in [2.24, 2.45) is 5.10 Å². The SMILES string of the molecule is COc1ccc(Cl)cc1N(CC(=O)N/N=C\c1ccc(F)cc1)S(=O)(=O)c1ccc(C)c([N+](=O)[O-])c1. The Balaban J connectivity index is 1.99. The van der Waals surface area contributed by atoms with Crippen LogP contribution in [-0.2, 0) is 14.8 Å². The number of benzene rings is 3. The van der Waals surface area contributed by atoms with Gasteiger partial charge in [0.1, 0.15) is 18.1 Å². The number of nitrogens with zero attached hydrogens (tertiary/aromatic N) is 3. The van der Waals surface area contributed by atoms with E-state index in [2.05, 4.69) is 10.5 Å². The highest BCUT2D eigenvalue weighted by Crippen LogP contribution is 2.35. The number of nitro benzene ring substituents is 1. The summed E-state index contributed by atoms with van der Waals surface area (Å²) in [7, 11) is -3.21. The topological polar surface area (TPSA) is 131 Å². The largest absolute Gasteiger partial charge is 0.495 e. The van der Waals surface area contributed by atoms with Gasteiger partial charge in [-0.25, -0.2) is 18.2 Å². The number of hydrogen-bond acceptors (Lipinski definition) is 7. The molecule has 0 saturated carbocycles. The smallest absolute Gasteiger partial charge is 0.273 e. The number of nitrogens with one attached hydrogen (secondary N) is 1. The minimum Gasteiger partial charge on any atom is -0.495 e. The maximum atomic E-state index is 13.6. The number of ether oxygens (including phenoxy) is 1. The number of hydrazone groups is 1. The van der Waals surface area contributed by atoms with Crippen molar-refractivity contribution in [1.82, 2.24) is 5.43 Å². The molecule has 1 N–H and O–H groups in total. The van der Waals surface area contributed by atoms with Gasteiger partial charge >= 0.3 is 0 Å². The molecule has 0 aliphatic heterocycles. The van der Waals surface area contributed by atoms with E-state index in [-0.39, 0.29) is 22.0 Å². The molecule has 13 heteroatoms. The van der Waals surface area contributed by atoms with Crippen LogP contribution in [0, 0.1) is 22.9 Å². The fourth-order valence-electron chi connectivity index (χ4n) is 3.12. The molecule has 0 radical (unpaired) electrons. The Morgan fingerprint density at radius 3 is 2.53 bits per heavy atom. The van der Waals surface area contributed by atoms with Gasteiger partial charge in [0.25, 0.3) is 21.6 Å². The fraction of sp³-hybridized carbons (Fsp3) is 0.130. The second kappa shape index (κ2) is 11.1. The summed E-state index contributed by atoms with van der Waals surface area (Å²) < 4.78 is 46.2. The lowest BCUT2D eigenvalue weighted by atomic mass is 10.2. The van der Waals surface area contributed by atoms with Crippen molar-refractivity contribution in [1.29, 1.82) is 0 Å². The summed E-state index contributed by atoms with van der Waals surface area (Å²) in [5, 5.41) is 15.3. The number of sulfonamides is 1. The second-order valence-electron chi connectivity index (χ2n) is 7.38. The molecule has 0 atom stereocenters. The Kier molecular flexibility index (Phi) is 8.22. The van der Waals surface area contributed by atoms with Gasteiger partial charge in [0, 0.05) is 16.7 Å². The number of anilines is 1. The number of hydrogen-bond donors (Lipinski definition) is 1. The van der Waals surface area contributed by atoms with Gasteiger partial charge in [-0.3, -0.25) is 19.2 Å². The van der Waals surface area contributed by atoms with E-state index < -0.39 is 43.8 Å². The van der Waals surface area contributed by atoms with E-state index in [9.17, 15) is 27.7 Å². The Labute approximate surface area is 211 Å². The van der Waals surface area contributed by atoms with E-state index in [0.717, 1.165) is 10.4 Å². The summed E-state index contributed by atoms with van der Waals surface area (Å²) in [5.41, 5.74) is 2.50. The third-order valence-electron chi connectivity index (χ3n) is 4.93. The first-order valence-corrected chi connectivity index (χ1v) is 12.0. The summed E-state index contributed by atoms with van der Waals surface area (Å²) in [6.45, 7) is 0.709. The van der Waals surface area contributed by atoms with Crippen LogP contribution in [0.4, 0.5) is 15.8 Å². The van der Waals surface area contributed by atoms with E-state index in [1.807, 2.05) is 0 Å². The van der Waals surface area contributed by atoms with Crippen LogP contribution in [0.5, 0.6) is 5.75 Å². The minimum atomic E-state index is -4.52. The van der Waals surface area contributed by atoms with E-state index in [1.165, 1.54) is 74.8 Å². The van der Waals surface area contributed by atoms with Crippen LogP contribution in [0.2, 0.25) is 5.02 Å². The molecule has 3 aromatic carbocycles. The lowest BCUT2D eigenvalue weighted by Gasteiger charge is -2.25. The van der Waals surface area contributed by atoms with E-state index in [4.69, 9.17) is 16.3 Å². The summed E-state index contributed by atoms with van der Waals surface area (Å²) in [5.74, 6) is -1.18. The number of aryl methyl sites for hydroxylation is 1. The van der Waals surface area contributed by atoms with Crippen molar-refractivity contribution in [2.75, 3.05) is 18.0 Å². The Hall–Kier alpha value is -4.03. The van der Waals surface area contributed by atoms with Crippen molar-refractivity contribution in [3.63, 3.8) is 0 Å². The van der Waals surface area contributed by atoms with Crippen LogP contribution in [0.3, 0.4) is 0 Å². The summed E-state index contributed by atoms with van der Waals surface area (Å²) in [6, 6.07) is 12.9. The third-order valence-corrected chi connectivity index (χ3v) is 6.93. The average molecular weight is 535 g/mol. The molecule has 3 rings (SSSR count). The Morgan fingerprint density at radius 1 is 1.19 bits per heavy atom. The predicted octanol–water partition coefficient (Wildman–Crippen LogP) is 4.05. The monoisotopic (exact) mass is 534 g/mol. The van der Waals surface area contributed by atoms with E-state index in [1.54, 1.807) is 0 Å². The zero-order valence-corrected chi connectivity index (χ0v) is 20.6. The number of nitro groups is 1. The zero-order valence-electron chi connectivity index (χ0n) is 19.0. The molecule has 0 fully saturated rings. The third kappa shape index (κ3) is 6.15. The number of amides is 1. The van der Waals surface area contributed by atoms with Crippen LogP contribution in [0.1, 0.15) is 11.1 Å². The Morgan fingerprint density at radius 2 is 1.89 bits per heavy atom. The fourth-order valence-corrected chi connectivity index (χ4v) is 4.73. The summed E-state index contributed by atoms with van der Waals surface area (Å²) in [4.78, 5) is 23.0. The number of carbonyl (C=O) groups is 1. The summed E-state index contributed by atoms with van der Waals surface area (Å²) >= 11 is 6.08. The molecule has 0 bridgehead atoms. The van der Waals surface area contributed by atoms with Gasteiger partial charge in [0.2, 0.25) is 0 Å². The first-order valence-electron chi connectivity index (χ1n) is 10.2. The molecule has 0 spiro atoms. The van der Waals surface area contributed by atoms with Gasteiger partial charge in [0.05, 0.1) is 28.8 Å².